The molecular weight excluding hydrogens is 346 g/mol. The second-order valence-electron chi connectivity index (χ2n) is 9.38. The summed E-state index contributed by atoms with van der Waals surface area (Å²) in [6.45, 7) is 0. The van der Waals surface area contributed by atoms with Crippen LogP contribution >= 0.6 is 0 Å². The van der Waals surface area contributed by atoms with Crippen molar-refractivity contribution >= 4 is 22.6 Å². The van der Waals surface area contributed by atoms with Crippen molar-refractivity contribution in [3.63, 3.8) is 0 Å². The third kappa shape index (κ3) is 2.60. The summed E-state index contributed by atoms with van der Waals surface area (Å²) in [5.41, 5.74) is 3.45. The van der Waals surface area contributed by atoms with E-state index in [1.807, 2.05) is 24.3 Å². The van der Waals surface area contributed by atoms with Gasteiger partial charge in [-0.25, -0.2) is 0 Å². The summed E-state index contributed by atoms with van der Waals surface area (Å²) in [6, 6.07) is 18.1. The van der Waals surface area contributed by atoms with E-state index in [2.05, 4.69) is 29.6 Å². The number of furan rings is 1. The predicted octanol–water partition coefficient (Wildman–Crippen LogP) is 6.15. The summed E-state index contributed by atoms with van der Waals surface area (Å²) < 4.78 is 5.68. The van der Waals surface area contributed by atoms with E-state index in [4.69, 9.17) is 4.42 Å². The molecule has 0 radical (unpaired) electrons. The number of fused-ring (bicyclic) bond motifs is 1. The molecule has 2 aromatic carbocycles. The van der Waals surface area contributed by atoms with E-state index in [9.17, 15) is 4.79 Å². The molecule has 1 amide bonds. The van der Waals surface area contributed by atoms with Gasteiger partial charge in [-0.3, -0.25) is 4.79 Å². The molecule has 7 rings (SSSR count). The fourth-order valence-corrected chi connectivity index (χ4v) is 6.66. The van der Waals surface area contributed by atoms with Gasteiger partial charge in [0.05, 0.1) is 0 Å². The lowest BCUT2D eigenvalue weighted by molar-refractivity contribution is -0.00518. The van der Waals surface area contributed by atoms with Gasteiger partial charge in [-0.2, -0.15) is 0 Å². The molecule has 4 bridgehead atoms. The van der Waals surface area contributed by atoms with Crippen LogP contribution in [0.15, 0.2) is 59.0 Å². The highest BCUT2D eigenvalue weighted by Crippen LogP contribution is 2.60. The van der Waals surface area contributed by atoms with Crippen LogP contribution in [0.5, 0.6) is 0 Å². The van der Waals surface area contributed by atoms with Crippen molar-refractivity contribution in [3.05, 3.63) is 65.9 Å². The first kappa shape index (κ1) is 16.4. The van der Waals surface area contributed by atoms with Crippen LogP contribution in [-0.2, 0) is 5.41 Å². The van der Waals surface area contributed by atoms with Crippen LogP contribution in [-0.4, -0.2) is 5.91 Å². The van der Waals surface area contributed by atoms with Gasteiger partial charge >= 0.3 is 0 Å². The van der Waals surface area contributed by atoms with E-state index < -0.39 is 0 Å². The first-order valence-electron chi connectivity index (χ1n) is 10.6. The molecule has 4 fully saturated rings. The van der Waals surface area contributed by atoms with Gasteiger partial charge in [-0.05, 0) is 91.5 Å². The molecular formula is C25H25NO2. The molecule has 1 heterocycles. The molecule has 4 saturated carbocycles. The van der Waals surface area contributed by atoms with E-state index in [1.165, 1.54) is 44.1 Å². The Balaban J connectivity index is 1.22. The van der Waals surface area contributed by atoms with Crippen LogP contribution in [0.1, 0.15) is 54.6 Å². The van der Waals surface area contributed by atoms with Gasteiger partial charge in [0.15, 0.2) is 5.76 Å². The molecule has 142 valence electrons. The summed E-state index contributed by atoms with van der Waals surface area (Å²) >= 11 is 0. The molecule has 4 aliphatic rings. The Hall–Kier alpha value is -2.55. The average molecular weight is 371 g/mol. The average Bonchev–Trinajstić information content (AvgIpc) is 3.12. The highest BCUT2D eigenvalue weighted by molar-refractivity contribution is 6.04. The van der Waals surface area contributed by atoms with Crippen molar-refractivity contribution in [1.82, 2.24) is 0 Å². The maximum atomic E-state index is 12.6. The maximum Gasteiger partial charge on any atom is 0.291 e. The summed E-state index contributed by atoms with van der Waals surface area (Å²) in [7, 11) is 0. The minimum absolute atomic E-state index is 0.196. The molecule has 4 aliphatic carbocycles. The highest BCUT2D eigenvalue weighted by Gasteiger charge is 2.51. The van der Waals surface area contributed by atoms with Gasteiger partial charge < -0.3 is 9.73 Å². The molecule has 0 unspecified atom stereocenters. The number of hydrogen-bond acceptors (Lipinski definition) is 2. The molecule has 3 heteroatoms. The van der Waals surface area contributed by atoms with Crippen molar-refractivity contribution in [2.75, 3.05) is 5.32 Å². The first-order valence-corrected chi connectivity index (χ1v) is 10.6. The van der Waals surface area contributed by atoms with Gasteiger partial charge in [-0.1, -0.05) is 30.3 Å². The number of para-hydroxylation sites is 1. The Labute approximate surface area is 165 Å². The van der Waals surface area contributed by atoms with Gasteiger partial charge in [-0.15, -0.1) is 0 Å². The molecule has 28 heavy (non-hydrogen) atoms. The molecule has 0 aliphatic heterocycles. The van der Waals surface area contributed by atoms with E-state index >= 15 is 0 Å². The lowest BCUT2D eigenvalue weighted by atomic mass is 9.48. The van der Waals surface area contributed by atoms with E-state index in [1.54, 1.807) is 6.07 Å². The number of anilines is 1. The van der Waals surface area contributed by atoms with Crippen molar-refractivity contribution in [1.29, 1.82) is 0 Å². The lowest BCUT2D eigenvalue weighted by Crippen LogP contribution is -2.48. The van der Waals surface area contributed by atoms with Gasteiger partial charge in [0.25, 0.3) is 5.91 Å². The van der Waals surface area contributed by atoms with E-state index in [0.29, 0.717) is 11.2 Å². The van der Waals surface area contributed by atoms with Crippen LogP contribution in [0.25, 0.3) is 11.0 Å². The topological polar surface area (TPSA) is 42.2 Å². The summed E-state index contributed by atoms with van der Waals surface area (Å²) in [4.78, 5) is 12.6. The van der Waals surface area contributed by atoms with E-state index in [-0.39, 0.29) is 5.91 Å². The SMILES string of the molecule is O=C(Nc1ccc(C23CC4CC(CC(C4)C2)C3)cc1)c1cc2ccccc2o1. The second kappa shape index (κ2) is 5.97. The zero-order valence-electron chi connectivity index (χ0n) is 16.0. The Morgan fingerprint density at radius 1 is 0.893 bits per heavy atom. The number of hydrogen-bond donors (Lipinski definition) is 1. The monoisotopic (exact) mass is 371 g/mol. The summed E-state index contributed by atoms with van der Waals surface area (Å²) in [6.07, 6.45) is 8.48. The summed E-state index contributed by atoms with van der Waals surface area (Å²) in [5, 5.41) is 3.94. The fraction of sp³-hybridized carbons (Fsp3) is 0.400. The number of amides is 1. The largest absolute Gasteiger partial charge is 0.451 e. The van der Waals surface area contributed by atoms with E-state index in [0.717, 1.165) is 34.4 Å². The van der Waals surface area contributed by atoms with Crippen LogP contribution in [0, 0.1) is 17.8 Å². The van der Waals surface area contributed by atoms with Gasteiger partial charge in [0, 0.05) is 11.1 Å². The highest BCUT2D eigenvalue weighted by atomic mass is 16.3. The lowest BCUT2D eigenvalue weighted by Gasteiger charge is -2.57. The van der Waals surface area contributed by atoms with Crippen LogP contribution in [0.2, 0.25) is 0 Å². The zero-order valence-corrected chi connectivity index (χ0v) is 16.0. The quantitative estimate of drug-likeness (QED) is 0.600. The van der Waals surface area contributed by atoms with Crippen molar-refractivity contribution in [3.8, 4) is 0 Å². The fourth-order valence-electron chi connectivity index (χ4n) is 6.66. The summed E-state index contributed by atoms with van der Waals surface area (Å²) in [5.74, 6) is 2.99. The predicted molar refractivity (Wildman–Crippen MR) is 110 cm³/mol. The molecule has 0 atom stereocenters. The number of benzene rings is 2. The first-order chi connectivity index (χ1) is 13.7. The Kier molecular flexibility index (Phi) is 3.50. The smallest absolute Gasteiger partial charge is 0.291 e. The zero-order chi connectivity index (χ0) is 18.7. The van der Waals surface area contributed by atoms with Crippen molar-refractivity contribution < 1.29 is 9.21 Å². The third-order valence-electron chi connectivity index (χ3n) is 7.44. The van der Waals surface area contributed by atoms with Crippen molar-refractivity contribution in [2.45, 2.75) is 43.9 Å². The van der Waals surface area contributed by atoms with Gasteiger partial charge in [0.1, 0.15) is 5.58 Å². The van der Waals surface area contributed by atoms with Crippen LogP contribution in [0.4, 0.5) is 5.69 Å². The molecule has 3 nitrogen and oxygen atoms in total. The second-order valence-corrected chi connectivity index (χ2v) is 9.38. The molecule has 1 N–H and O–H groups in total. The molecule has 0 spiro atoms. The number of rotatable bonds is 3. The van der Waals surface area contributed by atoms with Crippen LogP contribution < -0.4 is 5.32 Å². The third-order valence-corrected chi connectivity index (χ3v) is 7.44. The minimum atomic E-state index is -0.196. The standard InChI is InChI=1S/C25H25NO2/c27-24(23-12-19-3-1-2-4-22(19)28-23)26-21-7-5-20(6-8-21)25-13-16-9-17(14-25)11-18(10-16)15-25/h1-8,12,16-18H,9-11,13-15H2,(H,26,27). The number of carbonyl (C=O) groups is 1. The minimum Gasteiger partial charge on any atom is -0.451 e. The Bertz CT molecular complexity index is 978. The maximum absolute atomic E-state index is 12.6. The molecule has 3 aromatic rings. The molecule has 1 aromatic heterocycles. The Morgan fingerprint density at radius 3 is 2.18 bits per heavy atom. The van der Waals surface area contributed by atoms with Crippen LogP contribution in [0.3, 0.4) is 0 Å². The number of carbonyl (C=O) groups excluding carboxylic acids is 1. The number of nitrogens with one attached hydrogen (secondary N) is 1. The normalized spacial score (nSPS) is 30.6. The Morgan fingerprint density at radius 2 is 1.54 bits per heavy atom. The van der Waals surface area contributed by atoms with Gasteiger partial charge in [0.2, 0.25) is 0 Å². The molecule has 0 saturated heterocycles. The van der Waals surface area contributed by atoms with Crippen molar-refractivity contribution in [2.24, 2.45) is 17.8 Å².